The Balaban J connectivity index is 2.22. The molecule has 0 bridgehead atoms. The Morgan fingerprint density at radius 1 is 1.04 bits per heavy atom. The zero-order chi connectivity index (χ0) is 16.7. The van der Waals surface area contributed by atoms with Crippen LogP contribution in [0.2, 0.25) is 0 Å². The molecule has 0 saturated heterocycles. The number of nitrogens with two attached hydrogens (primary N) is 1. The molecule has 2 rings (SSSR count). The van der Waals surface area contributed by atoms with Crippen LogP contribution in [0.15, 0.2) is 60.7 Å². The lowest BCUT2D eigenvalue weighted by molar-refractivity contribution is -0.128. The lowest BCUT2D eigenvalue weighted by Gasteiger charge is -2.23. The minimum Gasteiger partial charge on any atom is -0.433 e. The summed E-state index contributed by atoms with van der Waals surface area (Å²) < 4.78 is 5.07. The van der Waals surface area contributed by atoms with Crippen LogP contribution >= 0.6 is 0 Å². The SMILES string of the molecule is CCC(Nc1ccccc1)C(=O)C(OC(N)=O)c1ccccc1. The summed E-state index contributed by atoms with van der Waals surface area (Å²) in [6, 6.07) is 17.8. The normalized spacial score (nSPS) is 12.9. The summed E-state index contributed by atoms with van der Waals surface area (Å²) in [5.74, 6) is -0.235. The predicted molar refractivity (Wildman–Crippen MR) is 89.0 cm³/mol. The molecule has 0 heterocycles. The van der Waals surface area contributed by atoms with E-state index in [4.69, 9.17) is 10.5 Å². The summed E-state index contributed by atoms with van der Waals surface area (Å²) >= 11 is 0. The van der Waals surface area contributed by atoms with Crippen LogP contribution < -0.4 is 11.1 Å². The van der Waals surface area contributed by atoms with Gasteiger partial charge in [-0.05, 0) is 18.6 Å². The standard InChI is InChI=1S/C18H20N2O3/c1-2-15(20-14-11-7-4-8-12-14)16(21)17(23-18(19)22)13-9-5-3-6-10-13/h3-12,15,17,20H,2H2,1H3,(H2,19,22). The number of hydrogen-bond acceptors (Lipinski definition) is 4. The molecule has 0 aliphatic rings. The fraction of sp³-hybridized carbons (Fsp3) is 0.222. The van der Waals surface area contributed by atoms with Crippen molar-refractivity contribution in [2.24, 2.45) is 5.73 Å². The van der Waals surface area contributed by atoms with Crippen molar-refractivity contribution in [2.45, 2.75) is 25.5 Å². The van der Waals surface area contributed by atoms with Crippen molar-refractivity contribution in [2.75, 3.05) is 5.32 Å². The molecule has 0 fully saturated rings. The van der Waals surface area contributed by atoms with E-state index in [0.717, 1.165) is 5.69 Å². The van der Waals surface area contributed by atoms with Crippen molar-refractivity contribution >= 4 is 17.6 Å². The number of nitrogens with one attached hydrogen (secondary N) is 1. The van der Waals surface area contributed by atoms with Gasteiger partial charge in [-0.15, -0.1) is 0 Å². The second-order valence-electron chi connectivity index (χ2n) is 5.10. The molecule has 2 unspecified atom stereocenters. The van der Waals surface area contributed by atoms with E-state index in [1.165, 1.54) is 0 Å². The number of carbonyl (C=O) groups excluding carboxylic acids is 2. The van der Waals surface area contributed by atoms with Crippen molar-refractivity contribution in [3.05, 3.63) is 66.2 Å². The predicted octanol–water partition coefficient (Wildman–Crippen LogP) is 3.28. The largest absolute Gasteiger partial charge is 0.433 e. The van der Waals surface area contributed by atoms with Gasteiger partial charge >= 0.3 is 6.09 Å². The number of carbonyl (C=O) groups is 2. The molecule has 5 heteroatoms. The average molecular weight is 312 g/mol. The molecular formula is C18H20N2O3. The molecule has 2 aromatic rings. The molecule has 2 aromatic carbocycles. The summed E-state index contributed by atoms with van der Waals surface area (Å²) in [6.07, 6.45) is -1.43. The zero-order valence-electron chi connectivity index (χ0n) is 12.9. The van der Waals surface area contributed by atoms with Crippen LogP contribution in [0, 0.1) is 0 Å². The second-order valence-corrected chi connectivity index (χ2v) is 5.10. The van der Waals surface area contributed by atoms with Crippen molar-refractivity contribution in [1.82, 2.24) is 0 Å². The van der Waals surface area contributed by atoms with Crippen LogP contribution in [0.25, 0.3) is 0 Å². The van der Waals surface area contributed by atoms with E-state index in [1.54, 1.807) is 24.3 Å². The number of hydrogen-bond donors (Lipinski definition) is 2. The fourth-order valence-corrected chi connectivity index (χ4v) is 2.33. The van der Waals surface area contributed by atoms with E-state index in [2.05, 4.69) is 5.32 Å². The van der Waals surface area contributed by atoms with Gasteiger partial charge in [-0.2, -0.15) is 0 Å². The summed E-state index contributed by atoms with van der Waals surface area (Å²) in [5, 5.41) is 3.17. The molecule has 3 N–H and O–H groups in total. The number of ether oxygens (including phenoxy) is 1. The third-order valence-corrected chi connectivity index (χ3v) is 3.46. The minimum atomic E-state index is -1.02. The maximum absolute atomic E-state index is 12.8. The maximum Gasteiger partial charge on any atom is 0.405 e. The molecule has 0 aliphatic heterocycles. The van der Waals surface area contributed by atoms with Gasteiger partial charge in [0, 0.05) is 11.3 Å². The van der Waals surface area contributed by atoms with E-state index >= 15 is 0 Å². The Bertz CT molecular complexity index is 644. The fourth-order valence-electron chi connectivity index (χ4n) is 2.33. The Labute approximate surface area is 135 Å². The molecule has 120 valence electrons. The van der Waals surface area contributed by atoms with Gasteiger partial charge in [0.1, 0.15) is 0 Å². The first-order valence-electron chi connectivity index (χ1n) is 7.48. The first-order valence-corrected chi connectivity index (χ1v) is 7.48. The number of amides is 1. The topological polar surface area (TPSA) is 81.4 Å². The Kier molecular flexibility index (Phi) is 5.74. The highest BCUT2D eigenvalue weighted by atomic mass is 16.6. The third kappa shape index (κ3) is 4.57. The Hall–Kier alpha value is -2.82. The van der Waals surface area contributed by atoms with Gasteiger partial charge in [-0.1, -0.05) is 55.5 Å². The van der Waals surface area contributed by atoms with Gasteiger partial charge in [0.25, 0.3) is 0 Å². The first-order chi connectivity index (χ1) is 11.1. The van der Waals surface area contributed by atoms with Crippen LogP contribution in [-0.4, -0.2) is 17.9 Å². The quantitative estimate of drug-likeness (QED) is 0.822. The van der Waals surface area contributed by atoms with Gasteiger partial charge in [0.15, 0.2) is 11.9 Å². The van der Waals surface area contributed by atoms with Gasteiger partial charge < -0.3 is 15.8 Å². The summed E-state index contributed by atoms with van der Waals surface area (Å²) in [7, 11) is 0. The van der Waals surface area contributed by atoms with Crippen LogP contribution in [0.3, 0.4) is 0 Å². The van der Waals surface area contributed by atoms with Crippen LogP contribution in [0.5, 0.6) is 0 Å². The van der Waals surface area contributed by atoms with Crippen molar-refractivity contribution in [1.29, 1.82) is 0 Å². The van der Waals surface area contributed by atoms with Gasteiger partial charge in [0.05, 0.1) is 6.04 Å². The van der Waals surface area contributed by atoms with Gasteiger partial charge in [-0.25, -0.2) is 4.79 Å². The monoisotopic (exact) mass is 312 g/mol. The summed E-state index contributed by atoms with van der Waals surface area (Å²) in [6.45, 7) is 1.89. The Morgan fingerprint density at radius 2 is 1.61 bits per heavy atom. The highest BCUT2D eigenvalue weighted by molar-refractivity contribution is 5.92. The molecule has 0 aromatic heterocycles. The second kappa shape index (κ2) is 7.98. The number of ketones is 1. The average Bonchev–Trinajstić information content (AvgIpc) is 2.58. The molecular weight excluding hydrogens is 292 g/mol. The molecule has 0 aliphatic carbocycles. The molecule has 0 radical (unpaired) electrons. The van der Waals surface area contributed by atoms with E-state index < -0.39 is 18.2 Å². The first kappa shape index (κ1) is 16.5. The van der Waals surface area contributed by atoms with E-state index in [9.17, 15) is 9.59 Å². The summed E-state index contributed by atoms with van der Waals surface area (Å²) in [5.41, 5.74) is 6.56. The number of Topliss-reactive ketones (excluding diaryl/α,β-unsaturated/α-hetero) is 1. The minimum absolute atomic E-state index is 0.235. The maximum atomic E-state index is 12.8. The molecule has 1 amide bonds. The van der Waals surface area contributed by atoms with E-state index in [1.807, 2.05) is 43.3 Å². The van der Waals surface area contributed by atoms with Gasteiger partial charge in [-0.3, -0.25) is 4.79 Å². The van der Waals surface area contributed by atoms with Crippen LogP contribution in [-0.2, 0) is 9.53 Å². The third-order valence-electron chi connectivity index (χ3n) is 3.46. The Morgan fingerprint density at radius 3 is 2.13 bits per heavy atom. The zero-order valence-corrected chi connectivity index (χ0v) is 12.9. The number of anilines is 1. The lowest BCUT2D eigenvalue weighted by Crippen LogP contribution is -2.36. The van der Waals surface area contributed by atoms with Crippen molar-refractivity contribution in [3.8, 4) is 0 Å². The number of primary amides is 1. The molecule has 23 heavy (non-hydrogen) atoms. The molecule has 0 spiro atoms. The van der Waals surface area contributed by atoms with Gasteiger partial charge in [0.2, 0.25) is 0 Å². The highest BCUT2D eigenvalue weighted by Crippen LogP contribution is 2.22. The van der Waals surface area contributed by atoms with Crippen molar-refractivity contribution in [3.63, 3.8) is 0 Å². The smallest absolute Gasteiger partial charge is 0.405 e. The molecule has 0 saturated carbocycles. The van der Waals surface area contributed by atoms with Crippen LogP contribution in [0.4, 0.5) is 10.5 Å². The number of para-hydroxylation sites is 1. The molecule has 2 atom stereocenters. The van der Waals surface area contributed by atoms with Crippen molar-refractivity contribution < 1.29 is 14.3 Å². The molecule has 5 nitrogen and oxygen atoms in total. The highest BCUT2D eigenvalue weighted by Gasteiger charge is 2.30. The number of benzene rings is 2. The number of rotatable bonds is 7. The van der Waals surface area contributed by atoms with E-state index in [0.29, 0.717) is 12.0 Å². The van der Waals surface area contributed by atoms with Crippen LogP contribution in [0.1, 0.15) is 25.0 Å². The summed E-state index contributed by atoms with van der Waals surface area (Å²) in [4.78, 5) is 24.0. The van der Waals surface area contributed by atoms with E-state index in [-0.39, 0.29) is 5.78 Å². The lowest BCUT2D eigenvalue weighted by atomic mass is 9.98.